The number of allylic oxidation sites excluding steroid dienone is 1. The lowest BCUT2D eigenvalue weighted by Crippen LogP contribution is -2.11. The Labute approximate surface area is 194 Å². The van der Waals surface area contributed by atoms with Gasteiger partial charge in [0.15, 0.2) is 17.3 Å². The Hall–Kier alpha value is -4.66. The first kappa shape index (κ1) is 22.5. The van der Waals surface area contributed by atoms with Crippen molar-refractivity contribution in [2.24, 2.45) is 0 Å². The normalized spacial score (nSPS) is 13.2. The fourth-order valence-electron chi connectivity index (χ4n) is 3.33. The predicted octanol–water partition coefficient (Wildman–Crippen LogP) is 4.84. The number of hydrogen-bond acceptors (Lipinski definition) is 8. The first-order valence-corrected chi connectivity index (χ1v) is 10.3. The Morgan fingerprint density at radius 2 is 1.88 bits per heavy atom. The lowest BCUT2D eigenvalue weighted by molar-refractivity contribution is -0.384. The Bertz CT molecular complexity index is 1310. The molecule has 34 heavy (non-hydrogen) atoms. The highest BCUT2D eigenvalue weighted by molar-refractivity contribution is 6.14. The van der Waals surface area contributed by atoms with Crippen molar-refractivity contribution in [1.29, 1.82) is 0 Å². The van der Waals surface area contributed by atoms with Crippen LogP contribution >= 0.6 is 0 Å². The zero-order chi connectivity index (χ0) is 24.2. The third-order valence-electron chi connectivity index (χ3n) is 4.98. The Kier molecular flexibility index (Phi) is 6.26. The second-order valence-electron chi connectivity index (χ2n) is 7.10. The molecule has 1 aliphatic heterocycles. The van der Waals surface area contributed by atoms with Gasteiger partial charge in [0.25, 0.3) is 5.69 Å². The highest BCUT2D eigenvalue weighted by Gasteiger charge is 2.28. The third kappa shape index (κ3) is 4.44. The summed E-state index contributed by atoms with van der Waals surface area (Å²) in [7, 11) is 1.51. The van der Waals surface area contributed by atoms with Gasteiger partial charge >= 0.3 is 5.97 Å². The molecule has 3 aromatic rings. The number of ether oxygens (including phenoxy) is 4. The van der Waals surface area contributed by atoms with E-state index in [1.165, 1.54) is 37.5 Å². The van der Waals surface area contributed by atoms with Crippen molar-refractivity contribution in [2.45, 2.75) is 6.92 Å². The molecule has 0 saturated carbocycles. The molecule has 1 heterocycles. The molecule has 9 heteroatoms. The summed E-state index contributed by atoms with van der Waals surface area (Å²) in [6, 6.07) is 14.9. The molecule has 0 N–H and O–H groups in total. The molecular formula is C25H19NO8. The zero-order valence-electron chi connectivity index (χ0n) is 18.3. The van der Waals surface area contributed by atoms with Crippen LogP contribution < -0.4 is 18.9 Å². The molecule has 0 unspecified atom stereocenters. The van der Waals surface area contributed by atoms with E-state index in [9.17, 15) is 19.7 Å². The van der Waals surface area contributed by atoms with Crippen LogP contribution in [0.3, 0.4) is 0 Å². The second kappa shape index (κ2) is 9.45. The molecule has 0 spiro atoms. The standard InChI is InChI=1S/C25H19NO8/c1-3-32-20-6-4-5-16(13-22-23(27)19-12-11-18(31-2)14-21(19)33-22)24(20)34-25(28)15-7-9-17(10-8-15)26(29)30/h4-14H,3H2,1-2H3/b22-13-. The molecule has 3 aromatic carbocycles. The monoisotopic (exact) mass is 461 g/mol. The Morgan fingerprint density at radius 3 is 2.56 bits per heavy atom. The summed E-state index contributed by atoms with van der Waals surface area (Å²) in [4.78, 5) is 35.9. The predicted molar refractivity (Wildman–Crippen MR) is 122 cm³/mol. The summed E-state index contributed by atoms with van der Waals surface area (Å²) in [6.07, 6.45) is 1.47. The summed E-state index contributed by atoms with van der Waals surface area (Å²) in [6.45, 7) is 2.09. The number of esters is 1. The fraction of sp³-hybridized carbons (Fsp3) is 0.120. The maximum Gasteiger partial charge on any atom is 0.343 e. The van der Waals surface area contributed by atoms with Crippen molar-refractivity contribution in [1.82, 2.24) is 0 Å². The number of ketones is 1. The maximum atomic E-state index is 12.8. The van der Waals surface area contributed by atoms with E-state index < -0.39 is 10.9 Å². The number of Topliss-reactive ketones (excluding diaryl/α,β-unsaturated/α-hetero) is 1. The highest BCUT2D eigenvalue weighted by atomic mass is 16.6. The average Bonchev–Trinajstić information content (AvgIpc) is 3.15. The minimum Gasteiger partial charge on any atom is -0.497 e. The van der Waals surface area contributed by atoms with Gasteiger partial charge in [0, 0.05) is 23.8 Å². The van der Waals surface area contributed by atoms with E-state index in [1.54, 1.807) is 43.3 Å². The number of nitro benzene ring substituents is 1. The number of para-hydroxylation sites is 1. The molecule has 0 fully saturated rings. The molecule has 9 nitrogen and oxygen atoms in total. The van der Waals surface area contributed by atoms with Gasteiger partial charge in [-0.05, 0) is 43.3 Å². The van der Waals surface area contributed by atoms with E-state index in [0.29, 0.717) is 29.2 Å². The topological polar surface area (TPSA) is 114 Å². The van der Waals surface area contributed by atoms with E-state index in [1.807, 2.05) is 0 Å². The number of methoxy groups -OCH3 is 1. The first-order valence-electron chi connectivity index (χ1n) is 10.3. The Morgan fingerprint density at radius 1 is 1.12 bits per heavy atom. The van der Waals surface area contributed by atoms with Gasteiger partial charge in [-0.1, -0.05) is 12.1 Å². The molecule has 1 aliphatic rings. The molecular weight excluding hydrogens is 442 g/mol. The minimum atomic E-state index is -0.742. The number of carbonyl (C=O) groups excluding carboxylic acids is 2. The fourth-order valence-corrected chi connectivity index (χ4v) is 3.33. The van der Waals surface area contributed by atoms with E-state index >= 15 is 0 Å². The van der Waals surface area contributed by atoms with Crippen LogP contribution in [0.5, 0.6) is 23.0 Å². The summed E-state index contributed by atoms with van der Waals surface area (Å²) in [5, 5.41) is 10.9. The largest absolute Gasteiger partial charge is 0.497 e. The average molecular weight is 461 g/mol. The number of nitrogens with zero attached hydrogens (tertiary/aromatic N) is 1. The van der Waals surface area contributed by atoms with E-state index in [0.717, 1.165) is 0 Å². The lowest BCUT2D eigenvalue weighted by Gasteiger charge is -2.13. The summed E-state index contributed by atoms with van der Waals surface area (Å²) in [5.74, 6) is 0.261. The number of hydrogen-bond donors (Lipinski definition) is 0. The van der Waals surface area contributed by atoms with Crippen LogP contribution in [0.1, 0.15) is 33.2 Å². The SMILES string of the molecule is CCOc1cccc(/C=C2\Oc3cc(OC)ccc3C2=O)c1OC(=O)c1ccc([N+](=O)[O-])cc1. The summed E-state index contributed by atoms with van der Waals surface area (Å²) >= 11 is 0. The van der Waals surface area contributed by atoms with Gasteiger partial charge in [0.2, 0.25) is 5.78 Å². The van der Waals surface area contributed by atoms with Crippen molar-refractivity contribution in [3.63, 3.8) is 0 Å². The minimum absolute atomic E-state index is 0.0459. The van der Waals surface area contributed by atoms with Crippen molar-refractivity contribution in [3.8, 4) is 23.0 Å². The van der Waals surface area contributed by atoms with Gasteiger partial charge in [0.1, 0.15) is 11.5 Å². The first-order chi connectivity index (χ1) is 16.4. The van der Waals surface area contributed by atoms with Gasteiger partial charge in [-0.3, -0.25) is 14.9 Å². The third-order valence-corrected chi connectivity index (χ3v) is 4.98. The smallest absolute Gasteiger partial charge is 0.343 e. The molecule has 0 aliphatic carbocycles. The lowest BCUT2D eigenvalue weighted by atomic mass is 10.1. The van der Waals surface area contributed by atoms with Crippen LogP contribution in [-0.4, -0.2) is 30.4 Å². The molecule has 0 radical (unpaired) electrons. The number of nitro groups is 1. The number of carbonyl (C=O) groups is 2. The van der Waals surface area contributed by atoms with E-state index in [-0.39, 0.29) is 34.3 Å². The Balaban J connectivity index is 1.68. The molecule has 0 saturated heterocycles. The summed E-state index contributed by atoms with van der Waals surface area (Å²) in [5.41, 5.74) is 0.731. The van der Waals surface area contributed by atoms with Crippen LogP contribution in [0.2, 0.25) is 0 Å². The van der Waals surface area contributed by atoms with Crippen LogP contribution in [0.15, 0.2) is 66.4 Å². The summed E-state index contributed by atoms with van der Waals surface area (Å²) < 4.78 is 22.1. The quantitative estimate of drug-likeness (QED) is 0.161. The van der Waals surface area contributed by atoms with Crippen molar-refractivity contribution < 1.29 is 33.5 Å². The molecule has 0 aromatic heterocycles. The number of fused-ring (bicyclic) bond motifs is 1. The van der Waals surface area contributed by atoms with Gasteiger partial charge in [-0.25, -0.2) is 4.79 Å². The molecule has 0 atom stereocenters. The van der Waals surface area contributed by atoms with Crippen LogP contribution in [0.25, 0.3) is 6.08 Å². The van der Waals surface area contributed by atoms with Crippen LogP contribution in [0.4, 0.5) is 5.69 Å². The highest BCUT2D eigenvalue weighted by Crippen LogP contribution is 2.38. The van der Waals surface area contributed by atoms with Crippen molar-refractivity contribution >= 4 is 23.5 Å². The molecule has 4 rings (SSSR count). The number of benzene rings is 3. The maximum absolute atomic E-state index is 12.8. The molecule has 0 amide bonds. The van der Waals surface area contributed by atoms with Crippen molar-refractivity contribution in [3.05, 3.63) is 93.2 Å². The molecule has 172 valence electrons. The second-order valence-corrected chi connectivity index (χ2v) is 7.10. The zero-order valence-corrected chi connectivity index (χ0v) is 18.3. The number of non-ortho nitro benzene ring substituents is 1. The van der Waals surface area contributed by atoms with Crippen LogP contribution in [-0.2, 0) is 0 Å². The van der Waals surface area contributed by atoms with Gasteiger partial charge in [-0.2, -0.15) is 0 Å². The number of rotatable bonds is 7. The van der Waals surface area contributed by atoms with E-state index in [4.69, 9.17) is 18.9 Å². The van der Waals surface area contributed by atoms with Gasteiger partial charge < -0.3 is 18.9 Å². The van der Waals surface area contributed by atoms with Crippen molar-refractivity contribution in [2.75, 3.05) is 13.7 Å². The van der Waals surface area contributed by atoms with Gasteiger partial charge in [0.05, 0.1) is 29.8 Å². The van der Waals surface area contributed by atoms with E-state index in [2.05, 4.69) is 0 Å². The van der Waals surface area contributed by atoms with Gasteiger partial charge in [-0.15, -0.1) is 0 Å². The van der Waals surface area contributed by atoms with Crippen LogP contribution in [0, 0.1) is 10.1 Å². The molecule has 0 bridgehead atoms.